The van der Waals surface area contributed by atoms with Crippen LogP contribution in [0, 0.1) is 0 Å². The molecule has 0 amide bonds. The molecule has 2 heteroatoms. The van der Waals surface area contributed by atoms with Crippen molar-refractivity contribution < 1.29 is 0 Å². The van der Waals surface area contributed by atoms with Gasteiger partial charge in [0.15, 0.2) is 0 Å². The lowest BCUT2D eigenvalue weighted by Crippen LogP contribution is -2.01. The second-order valence-corrected chi connectivity index (χ2v) is 11.3. The van der Waals surface area contributed by atoms with Gasteiger partial charge in [0, 0.05) is 10.8 Å². The van der Waals surface area contributed by atoms with Gasteiger partial charge in [-0.2, -0.15) is 0 Å². The molecule has 0 bridgehead atoms. The van der Waals surface area contributed by atoms with Crippen LogP contribution >= 0.6 is 0 Å². The molecule has 0 saturated carbocycles. The van der Waals surface area contributed by atoms with Crippen LogP contribution in [-0.2, 0) is 0 Å². The molecule has 0 atom stereocenters. The minimum Gasteiger partial charge on any atom is -0.292 e. The first-order chi connectivity index (χ1) is 21.2. The zero-order valence-electron chi connectivity index (χ0n) is 23.5. The lowest BCUT2D eigenvalue weighted by atomic mass is 9.90. The molecule has 9 aromatic rings. The summed E-state index contributed by atoms with van der Waals surface area (Å²) in [6, 6.07) is 45.9. The van der Waals surface area contributed by atoms with E-state index in [-0.39, 0.29) is 0 Å². The highest BCUT2D eigenvalue weighted by atomic mass is 15.0. The third-order valence-electron chi connectivity index (χ3n) is 9.04. The maximum atomic E-state index is 5.05. The van der Waals surface area contributed by atoms with Crippen LogP contribution in [0.5, 0.6) is 0 Å². The molecule has 0 saturated heterocycles. The summed E-state index contributed by atoms with van der Waals surface area (Å²) in [7, 11) is 0. The molecule has 7 aromatic carbocycles. The quantitative estimate of drug-likeness (QED) is 0.202. The fourth-order valence-corrected chi connectivity index (χ4v) is 7.00. The summed E-state index contributed by atoms with van der Waals surface area (Å²) in [5.41, 5.74) is 10.3. The van der Waals surface area contributed by atoms with Crippen LogP contribution in [0.15, 0.2) is 134 Å². The van der Waals surface area contributed by atoms with Crippen LogP contribution in [0.3, 0.4) is 0 Å². The Morgan fingerprint density at radius 3 is 2.14 bits per heavy atom. The van der Waals surface area contributed by atoms with Crippen LogP contribution < -0.4 is 5.22 Å². The molecule has 0 spiro atoms. The molecule has 2 heterocycles. The Labute approximate surface area is 248 Å². The zero-order chi connectivity index (χ0) is 28.7. The highest BCUT2D eigenvalue weighted by Gasteiger charge is 2.15. The van der Waals surface area contributed by atoms with E-state index in [9.17, 15) is 0 Å². The Kier molecular flexibility index (Phi) is 4.94. The number of hydrogen-bond donors (Lipinski definition) is 0. The summed E-state index contributed by atoms with van der Waals surface area (Å²) in [4.78, 5) is 5.05. The van der Waals surface area contributed by atoms with Crippen molar-refractivity contribution in [2.24, 2.45) is 0 Å². The summed E-state index contributed by atoms with van der Waals surface area (Å²) in [5.74, 6) is 0. The number of rotatable bonds is 3. The topological polar surface area (TPSA) is 17.3 Å². The Balaban J connectivity index is 1.21. The molecule has 0 aliphatic rings. The Morgan fingerprint density at radius 1 is 0.558 bits per heavy atom. The average Bonchev–Trinajstić information content (AvgIpc) is 3.46. The third-order valence-corrected chi connectivity index (χ3v) is 9.04. The number of imidazole rings is 1. The summed E-state index contributed by atoms with van der Waals surface area (Å²) >= 11 is 0. The molecule has 0 N–H and O–H groups in total. The van der Waals surface area contributed by atoms with Gasteiger partial charge >= 0.3 is 0 Å². The van der Waals surface area contributed by atoms with Gasteiger partial charge in [-0.15, -0.1) is 0 Å². The van der Waals surface area contributed by atoms with Crippen molar-refractivity contribution in [2.45, 2.75) is 0 Å². The normalized spacial score (nSPS) is 11.9. The molecule has 0 fully saturated rings. The van der Waals surface area contributed by atoms with Crippen LogP contribution in [0.25, 0.3) is 94.8 Å². The molecular weight excluding hydrogens is 520 g/mol. The molecular formula is C41H26N2. The smallest absolute Gasteiger partial charge is 0.146 e. The average molecular weight is 547 g/mol. The molecule has 2 nitrogen and oxygen atoms in total. The fraction of sp³-hybridized carbons (Fsp3) is 0. The first-order valence-electron chi connectivity index (χ1n) is 14.6. The first kappa shape index (κ1) is 23.9. The zero-order valence-corrected chi connectivity index (χ0v) is 23.5. The number of aromatic nitrogens is 2. The van der Waals surface area contributed by atoms with E-state index in [0.29, 0.717) is 0 Å². The van der Waals surface area contributed by atoms with Gasteiger partial charge in [-0.05, 0) is 90.3 Å². The maximum absolute atomic E-state index is 5.05. The van der Waals surface area contributed by atoms with Gasteiger partial charge in [0.05, 0.1) is 16.6 Å². The predicted octanol–water partition coefficient (Wildman–Crippen LogP) is 10.2. The van der Waals surface area contributed by atoms with E-state index in [2.05, 4.69) is 145 Å². The molecule has 9 rings (SSSR count). The largest absolute Gasteiger partial charge is 0.292 e. The number of hydrogen-bond acceptors (Lipinski definition) is 1. The summed E-state index contributed by atoms with van der Waals surface area (Å²) in [6.45, 7) is 8.37. The van der Waals surface area contributed by atoms with Crippen molar-refractivity contribution in [1.82, 2.24) is 9.38 Å². The van der Waals surface area contributed by atoms with Gasteiger partial charge in [-0.25, -0.2) is 4.98 Å². The monoisotopic (exact) mass is 546 g/mol. The summed E-state index contributed by atoms with van der Waals surface area (Å²) in [6.07, 6.45) is 1.93. The van der Waals surface area contributed by atoms with Crippen molar-refractivity contribution >= 4 is 72.6 Å². The van der Waals surface area contributed by atoms with E-state index < -0.39 is 0 Å². The molecule has 43 heavy (non-hydrogen) atoms. The van der Waals surface area contributed by atoms with Gasteiger partial charge in [0.25, 0.3) is 0 Å². The van der Waals surface area contributed by atoms with E-state index >= 15 is 0 Å². The third kappa shape index (κ3) is 3.38. The van der Waals surface area contributed by atoms with E-state index in [4.69, 9.17) is 4.98 Å². The fourth-order valence-electron chi connectivity index (χ4n) is 7.00. The molecule has 0 aliphatic heterocycles. The number of pyridine rings is 1. The van der Waals surface area contributed by atoms with E-state index in [1.165, 1.54) is 60.1 Å². The Morgan fingerprint density at radius 2 is 1.28 bits per heavy atom. The Bertz CT molecular complexity index is 2640. The van der Waals surface area contributed by atoms with E-state index in [1.807, 2.05) is 6.08 Å². The minimum atomic E-state index is 0.997. The van der Waals surface area contributed by atoms with Crippen molar-refractivity contribution in [3.8, 4) is 22.3 Å². The first-order valence-corrected chi connectivity index (χ1v) is 14.6. The van der Waals surface area contributed by atoms with Crippen molar-refractivity contribution in [3.05, 3.63) is 145 Å². The second kappa shape index (κ2) is 8.88. The van der Waals surface area contributed by atoms with Crippen LogP contribution in [0.4, 0.5) is 0 Å². The number of para-hydroxylation sites is 3. The van der Waals surface area contributed by atoms with Crippen molar-refractivity contribution in [3.63, 3.8) is 0 Å². The SMILES string of the molecule is C=Cc1ccc2ccc(-c3ccc(-c4ccc5c(c4)c4ccccc4n4c6ccccc6nc54)cc3)c3ccc(=C)c1c23. The molecule has 200 valence electrons. The predicted molar refractivity (Wildman–Crippen MR) is 184 cm³/mol. The number of fused-ring (bicyclic) bond motifs is 8. The summed E-state index contributed by atoms with van der Waals surface area (Å²) in [5, 5.41) is 9.55. The number of nitrogens with zero attached hydrogens (tertiary/aromatic N) is 2. The van der Waals surface area contributed by atoms with Gasteiger partial charge in [0.2, 0.25) is 0 Å². The number of benzene rings is 7. The van der Waals surface area contributed by atoms with Gasteiger partial charge < -0.3 is 0 Å². The lowest BCUT2D eigenvalue weighted by Gasteiger charge is -2.14. The standard InChI is InChI=1S/C41H26N2/c1-3-26-13-18-29-19-22-31(33-21-12-25(2)39(26)40(29)33)28-16-14-27(15-17-28)30-20-23-34-35(24-30)32-8-4-6-10-37(32)43-38-11-7-5-9-36(38)42-41(34)43/h3-24H,1-2H2. The van der Waals surface area contributed by atoms with E-state index in [0.717, 1.165) is 32.8 Å². The Hall–Kier alpha value is -5.73. The molecule has 0 radical (unpaired) electrons. The highest BCUT2D eigenvalue weighted by Crippen LogP contribution is 2.38. The lowest BCUT2D eigenvalue weighted by molar-refractivity contribution is 1.31. The minimum absolute atomic E-state index is 0.997. The van der Waals surface area contributed by atoms with Crippen molar-refractivity contribution in [1.29, 1.82) is 0 Å². The van der Waals surface area contributed by atoms with Crippen molar-refractivity contribution in [2.75, 3.05) is 0 Å². The van der Waals surface area contributed by atoms with Gasteiger partial charge in [-0.1, -0.05) is 116 Å². The van der Waals surface area contributed by atoms with Crippen LogP contribution in [-0.4, -0.2) is 9.38 Å². The molecule has 0 unspecified atom stereocenters. The molecule has 2 aromatic heterocycles. The molecule has 0 aliphatic carbocycles. The van der Waals surface area contributed by atoms with Gasteiger partial charge in [-0.3, -0.25) is 4.40 Å². The van der Waals surface area contributed by atoms with Gasteiger partial charge in [0.1, 0.15) is 5.65 Å². The second-order valence-electron chi connectivity index (χ2n) is 11.3. The maximum Gasteiger partial charge on any atom is 0.146 e. The van der Waals surface area contributed by atoms with Crippen LogP contribution in [0.1, 0.15) is 5.56 Å². The van der Waals surface area contributed by atoms with Crippen LogP contribution in [0.2, 0.25) is 0 Å². The van der Waals surface area contributed by atoms with E-state index in [1.54, 1.807) is 0 Å². The summed E-state index contributed by atoms with van der Waals surface area (Å²) < 4.78 is 2.30. The highest BCUT2D eigenvalue weighted by molar-refractivity contribution is 6.17.